The fourth-order valence-electron chi connectivity index (χ4n) is 2.66. The third kappa shape index (κ3) is 3.97. The first-order valence-electron chi connectivity index (χ1n) is 8.28. The summed E-state index contributed by atoms with van der Waals surface area (Å²) in [4.78, 5) is 36.1. The second-order valence-corrected chi connectivity index (χ2v) is 6.18. The monoisotopic (exact) mass is 372 g/mol. The van der Waals surface area contributed by atoms with Crippen LogP contribution in [0.2, 0.25) is 0 Å². The lowest BCUT2D eigenvalue weighted by Gasteiger charge is -2.22. The number of carbonyl (C=O) groups excluding carboxylic acids is 3. The lowest BCUT2D eigenvalue weighted by Crippen LogP contribution is -2.44. The lowest BCUT2D eigenvalue weighted by atomic mass is 10.00. The van der Waals surface area contributed by atoms with E-state index in [1.807, 2.05) is 0 Å². The van der Waals surface area contributed by atoms with Crippen LogP contribution in [0.25, 0.3) is 0 Å². The van der Waals surface area contributed by atoms with Crippen LogP contribution < -0.4 is 0 Å². The van der Waals surface area contributed by atoms with Crippen LogP contribution in [0.1, 0.15) is 27.6 Å². The fourth-order valence-corrected chi connectivity index (χ4v) is 2.66. The molecule has 0 spiro atoms. The Morgan fingerprint density at radius 2 is 1.52 bits per heavy atom. The van der Waals surface area contributed by atoms with Crippen molar-refractivity contribution in [2.75, 3.05) is 6.61 Å². The van der Waals surface area contributed by atoms with Gasteiger partial charge in [-0.05, 0) is 31.2 Å². The predicted octanol–water partition coefficient (Wildman–Crippen LogP) is 2.72. The van der Waals surface area contributed by atoms with Gasteiger partial charge in [-0.3, -0.25) is 0 Å². The van der Waals surface area contributed by atoms with E-state index in [4.69, 9.17) is 14.2 Å². The molecule has 0 amide bonds. The molecule has 2 unspecified atom stereocenters. The van der Waals surface area contributed by atoms with Crippen LogP contribution in [0.4, 0.5) is 4.39 Å². The summed E-state index contributed by atoms with van der Waals surface area (Å²) in [6.07, 6.45) is -2.78. The van der Waals surface area contributed by atoms with Gasteiger partial charge in [0.1, 0.15) is 6.61 Å². The standard InChI is InChI=1S/C20H17FO6/c1-20(21)16(27-18(23)14-10-6-3-7-11-14)15(26-19(20)24)12-25-17(22)13-8-4-2-5-9-13/h2-11,15-16H,12H2,1H3/t15?,16?,20-/m0/s1. The van der Waals surface area contributed by atoms with E-state index >= 15 is 0 Å². The molecule has 1 aliphatic rings. The average Bonchev–Trinajstić information content (AvgIpc) is 2.90. The van der Waals surface area contributed by atoms with Gasteiger partial charge in [-0.1, -0.05) is 36.4 Å². The molecule has 0 N–H and O–H groups in total. The van der Waals surface area contributed by atoms with Crippen molar-refractivity contribution in [3.8, 4) is 0 Å². The first-order chi connectivity index (χ1) is 12.9. The summed E-state index contributed by atoms with van der Waals surface area (Å²) in [5.41, 5.74) is -2.05. The van der Waals surface area contributed by atoms with Crippen LogP contribution in [-0.4, -0.2) is 42.4 Å². The van der Waals surface area contributed by atoms with E-state index in [9.17, 15) is 18.8 Å². The minimum atomic E-state index is -2.55. The summed E-state index contributed by atoms with van der Waals surface area (Å²) in [5.74, 6) is -2.64. The average molecular weight is 372 g/mol. The van der Waals surface area contributed by atoms with Crippen LogP contribution in [0.3, 0.4) is 0 Å². The molecule has 0 radical (unpaired) electrons. The van der Waals surface area contributed by atoms with Gasteiger partial charge in [0.25, 0.3) is 0 Å². The molecule has 0 aliphatic carbocycles. The van der Waals surface area contributed by atoms with Crippen molar-refractivity contribution in [2.24, 2.45) is 0 Å². The topological polar surface area (TPSA) is 78.9 Å². The van der Waals surface area contributed by atoms with Gasteiger partial charge in [0, 0.05) is 0 Å². The second-order valence-electron chi connectivity index (χ2n) is 6.18. The van der Waals surface area contributed by atoms with E-state index in [-0.39, 0.29) is 5.56 Å². The Labute approximate surface area is 154 Å². The highest BCUT2D eigenvalue weighted by Gasteiger charge is 2.58. The SMILES string of the molecule is C[C@@]1(F)C(=O)OC(COC(=O)c2ccccc2)C1OC(=O)c1ccccc1. The van der Waals surface area contributed by atoms with Gasteiger partial charge in [0.15, 0.2) is 12.2 Å². The van der Waals surface area contributed by atoms with Gasteiger partial charge >= 0.3 is 17.9 Å². The van der Waals surface area contributed by atoms with Crippen LogP contribution in [0.5, 0.6) is 0 Å². The molecule has 2 aromatic carbocycles. The van der Waals surface area contributed by atoms with E-state index in [0.29, 0.717) is 5.56 Å². The maximum atomic E-state index is 14.8. The van der Waals surface area contributed by atoms with Crippen molar-refractivity contribution in [1.82, 2.24) is 0 Å². The molecule has 27 heavy (non-hydrogen) atoms. The lowest BCUT2D eigenvalue weighted by molar-refractivity contribution is -0.150. The molecule has 0 saturated carbocycles. The van der Waals surface area contributed by atoms with Crippen LogP contribution in [-0.2, 0) is 19.0 Å². The molecular weight excluding hydrogens is 355 g/mol. The first kappa shape index (κ1) is 18.6. The number of rotatable bonds is 5. The molecule has 6 nitrogen and oxygen atoms in total. The summed E-state index contributed by atoms with van der Waals surface area (Å²) in [6, 6.07) is 16.1. The maximum absolute atomic E-state index is 14.8. The highest BCUT2D eigenvalue weighted by molar-refractivity contribution is 5.91. The Hall–Kier alpha value is -3.22. The van der Waals surface area contributed by atoms with Gasteiger partial charge in [0.2, 0.25) is 5.67 Å². The van der Waals surface area contributed by atoms with E-state index < -0.39 is 42.4 Å². The van der Waals surface area contributed by atoms with Crippen molar-refractivity contribution in [3.05, 3.63) is 71.8 Å². The van der Waals surface area contributed by atoms with Crippen molar-refractivity contribution < 1.29 is 33.0 Å². The van der Waals surface area contributed by atoms with Crippen LogP contribution in [0.15, 0.2) is 60.7 Å². The number of alkyl halides is 1. The Bertz CT molecular complexity index is 834. The number of hydrogen-bond donors (Lipinski definition) is 0. The Morgan fingerprint density at radius 1 is 1.00 bits per heavy atom. The highest BCUT2D eigenvalue weighted by atomic mass is 19.1. The summed E-state index contributed by atoms with van der Waals surface area (Å²) in [6.45, 7) is 0.531. The molecule has 0 aromatic heterocycles. The summed E-state index contributed by atoms with van der Waals surface area (Å²) >= 11 is 0. The van der Waals surface area contributed by atoms with Gasteiger partial charge < -0.3 is 14.2 Å². The quantitative estimate of drug-likeness (QED) is 0.593. The number of benzene rings is 2. The number of esters is 3. The van der Waals surface area contributed by atoms with Gasteiger partial charge in [-0.25, -0.2) is 18.8 Å². The number of halogens is 1. The molecule has 2 aromatic rings. The molecule has 140 valence electrons. The highest BCUT2D eigenvalue weighted by Crippen LogP contribution is 2.33. The molecule has 0 bridgehead atoms. The largest absolute Gasteiger partial charge is 0.458 e. The number of carbonyl (C=O) groups is 3. The zero-order chi connectivity index (χ0) is 19.4. The molecule has 3 atom stereocenters. The molecule has 7 heteroatoms. The summed E-state index contributed by atoms with van der Waals surface area (Å²) < 4.78 is 30.0. The van der Waals surface area contributed by atoms with Crippen molar-refractivity contribution in [3.63, 3.8) is 0 Å². The van der Waals surface area contributed by atoms with E-state index in [0.717, 1.165) is 6.92 Å². The smallest absolute Gasteiger partial charge is 0.348 e. The van der Waals surface area contributed by atoms with Gasteiger partial charge in [0.05, 0.1) is 11.1 Å². The summed E-state index contributed by atoms with van der Waals surface area (Å²) in [5, 5.41) is 0. The molecule has 1 saturated heterocycles. The summed E-state index contributed by atoms with van der Waals surface area (Å²) in [7, 11) is 0. The van der Waals surface area contributed by atoms with E-state index in [1.54, 1.807) is 48.5 Å². The number of cyclic esters (lactones) is 1. The van der Waals surface area contributed by atoms with E-state index in [1.165, 1.54) is 12.1 Å². The number of hydrogen-bond acceptors (Lipinski definition) is 6. The number of ether oxygens (including phenoxy) is 3. The molecule has 3 rings (SSSR count). The Morgan fingerprint density at radius 3 is 2.07 bits per heavy atom. The van der Waals surface area contributed by atoms with Gasteiger partial charge in [-0.2, -0.15) is 0 Å². The Balaban J connectivity index is 1.70. The Kier molecular flexibility index (Phi) is 5.21. The zero-order valence-corrected chi connectivity index (χ0v) is 14.5. The van der Waals surface area contributed by atoms with Crippen LogP contribution in [0, 0.1) is 0 Å². The molecule has 1 heterocycles. The van der Waals surface area contributed by atoms with Crippen molar-refractivity contribution in [1.29, 1.82) is 0 Å². The fraction of sp³-hybridized carbons (Fsp3) is 0.250. The molecule has 1 fully saturated rings. The van der Waals surface area contributed by atoms with Crippen molar-refractivity contribution >= 4 is 17.9 Å². The minimum Gasteiger partial charge on any atom is -0.458 e. The minimum absolute atomic E-state index is 0.202. The zero-order valence-electron chi connectivity index (χ0n) is 14.5. The third-order valence-corrected chi connectivity index (χ3v) is 4.16. The third-order valence-electron chi connectivity index (χ3n) is 4.16. The van der Waals surface area contributed by atoms with Crippen LogP contribution >= 0.6 is 0 Å². The first-order valence-corrected chi connectivity index (χ1v) is 8.28. The van der Waals surface area contributed by atoms with E-state index in [2.05, 4.69) is 0 Å². The maximum Gasteiger partial charge on any atom is 0.348 e. The molecular formula is C20H17FO6. The second kappa shape index (κ2) is 7.57. The molecule has 1 aliphatic heterocycles. The predicted molar refractivity (Wildman–Crippen MR) is 91.8 cm³/mol. The van der Waals surface area contributed by atoms with Crippen molar-refractivity contribution in [2.45, 2.75) is 24.8 Å². The van der Waals surface area contributed by atoms with Gasteiger partial charge in [-0.15, -0.1) is 0 Å². The normalized spacial score (nSPS) is 24.1.